The molecule has 0 bridgehead atoms. The lowest BCUT2D eigenvalue weighted by molar-refractivity contribution is 0.325. The highest BCUT2D eigenvalue weighted by molar-refractivity contribution is 5.71. The molecule has 0 aromatic heterocycles. The smallest absolute Gasteiger partial charge is 0.240 e. The summed E-state index contributed by atoms with van der Waals surface area (Å²) in [5.74, 6) is 0. The molecule has 4 nitrogen and oxygen atoms in total. The van der Waals surface area contributed by atoms with Gasteiger partial charge in [0.25, 0.3) is 0 Å². The number of hydrogen-bond donors (Lipinski definition) is 2. The Bertz CT molecular complexity index is 423. The molecule has 0 aliphatic heterocycles. The number of aryl methyl sites for hydroxylation is 2. The maximum absolute atomic E-state index is 10.3. The maximum Gasteiger partial charge on any atom is 0.240 e. The lowest BCUT2D eigenvalue weighted by Crippen LogP contribution is -2.04. The number of nitrogens with one attached hydrogen (secondary N) is 1. The number of aliphatic hydroxyl groups is 1. The van der Waals surface area contributed by atoms with Crippen LogP contribution in [0.5, 0.6) is 0 Å². The second kappa shape index (κ2) is 11.5. The third-order valence-electron chi connectivity index (χ3n) is 2.34. The summed E-state index contributed by atoms with van der Waals surface area (Å²) < 4.78 is 0. The first-order valence-electron chi connectivity index (χ1n) is 6.65. The molecule has 0 aliphatic carbocycles. The highest BCUT2D eigenvalue weighted by atomic mass is 16.3. The number of benzene rings is 1. The predicted octanol–water partition coefficient (Wildman–Crippen LogP) is 3.99. The quantitative estimate of drug-likeness (QED) is 0.494. The molecule has 0 radical (unpaired) electrons. The second-order valence-corrected chi connectivity index (χ2v) is 3.40. The minimum Gasteiger partial charge on any atom is -0.377 e. The maximum atomic E-state index is 10.3. The minimum atomic E-state index is -0.144. The molecule has 4 heteroatoms. The van der Waals surface area contributed by atoms with Crippen molar-refractivity contribution in [1.82, 2.24) is 0 Å². The van der Waals surface area contributed by atoms with E-state index in [0.29, 0.717) is 5.69 Å². The van der Waals surface area contributed by atoms with E-state index in [9.17, 15) is 4.79 Å². The van der Waals surface area contributed by atoms with Crippen molar-refractivity contribution in [3.63, 3.8) is 0 Å². The molecule has 108 valence electrons. The van der Waals surface area contributed by atoms with E-state index in [1.807, 2.05) is 54.5 Å². The zero-order valence-corrected chi connectivity index (χ0v) is 13.1. The third kappa shape index (κ3) is 5.69. The Morgan fingerprint density at radius 3 is 2.11 bits per heavy atom. The fraction of sp³-hybridized carbons (Fsp3) is 0.533. The van der Waals surface area contributed by atoms with Gasteiger partial charge < -0.3 is 10.4 Å². The van der Waals surface area contributed by atoms with Gasteiger partial charge in [-0.3, -0.25) is 0 Å². The molecule has 1 rings (SSSR count). The van der Waals surface area contributed by atoms with Gasteiger partial charge >= 0.3 is 0 Å². The summed E-state index contributed by atoms with van der Waals surface area (Å²) in [6, 6.07) is 1.92. The second-order valence-electron chi connectivity index (χ2n) is 3.40. The third-order valence-corrected chi connectivity index (χ3v) is 2.34. The molecule has 0 aliphatic rings. The largest absolute Gasteiger partial charge is 0.377 e. The molecule has 0 fully saturated rings. The van der Waals surface area contributed by atoms with Gasteiger partial charge in [-0.15, -0.1) is 0 Å². The predicted molar refractivity (Wildman–Crippen MR) is 81.8 cm³/mol. The molecular weight excluding hydrogens is 240 g/mol. The van der Waals surface area contributed by atoms with Crippen molar-refractivity contribution in [1.29, 1.82) is 0 Å². The summed E-state index contributed by atoms with van der Waals surface area (Å²) in [6.45, 7) is 13.5. The molecular formula is C15H26N2O2. The van der Waals surface area contributed by atoms with Crippen LogP contribution < -0.4 is 5.32 Å². The number of hydrogen-bond acceptors (Lipinski definition) is 4. The number of anilines is 1. The van der Waals surface area contributed by atoms with Gasteiger partial charge in [0.15, 0.2) is 0 Å². The summed E-state index contributed by atoms with van der Waals surface area (Å²) in [5, 5.41) is 11.7. The summed E-state index contributed by atoms with van der Waals surface area (Å²) in [7, 11) is 0. The van der Waals surface area contributed by atoms with Gasteiger partial charge in [-0.2, -0.15) is 4.99 Å². The molecule has 1 aromatic carbocycles. The van der Waals surface area contributed by atoms with Crippen molar-refractivity contribution in [2.75, 3.05) is 12.0 Å². The van der Waals surface area contributed by atoms with E-state index >= 15 is 0 Å². The highest BCUT2D eigenvalue weighted by Crippen LogP contribution is 2.32. The number of aliphatic imine (C=N–C) groups is 1. The van der Waals surface area contributed by atoms with E-state index in [4.69, 9.17) is 5.11 Å². The highest BCUT2D eigenvalue weighted by Gasteiger charge is 2.09. The normalized spacial score (nSPS) is 8.21. The van der Waals surface area contributed by atoms with Crippen LogP contribution in [-0.2, 0) is 4.79 Å². The number of aliphatic hydroxyl groups excluding tert-OH is 1. The van der Waals surface area contributed by atoms with Gasteiger partial charge in [0.2, 0.25) is 6.08 Å². The first-order valence-corrected chi connectivity index (χ1v) is 6.65. The van der Waals surface area contributed by atoms with Crippen LogP contribution in [0.3, 0.4) is 0 Å². The number of rotatable bonds is 3. The molecule has 0 spiro atoms. The van der Waals surface area contributed by atoms with Crippen LogP contribution in [-0.4, -0.2) is 17.9 Å². The zero-order valence-electron chi connectivity index (χ0n) is 13.1. The van der Waals surface area contributed by atoms with Crippen molar-refractivity contribution in [2.24, 2.45) is 4.99 Å². The number of nitrogens with zero attached hydrogens (tertiary/aromatic N) is 1. The van der Waals surface area contributed by atoms with Gasteiger partial charge in [0.05, 0.1) is 5.69 Å². The lowest BCUT2D eigenvalue weighted by atomic mass is 10.0. The van der Waals surface area contributed by atoms with E-state index < -0.39 is 0 Å². The van der Waals surface area contributed by atoms with E-state index in [1.165, 1.54) is 6.08 Å². The average molecular weight is 266 g/mol. The Morgan fingerprint density at radius 1 is 1.16 bits per heavy atom. The Kier molecular flexibility index (Phi) is 11.9. The van der Waals surface area contributed by atoms with E-state index in [-0.39, 0.29) is 6.73 Å². The Morgan fingerprint density at radius 2 is 1.68 bits per heavy atom. The first-order chi connectivity index (χ1) is 9.11. The molecule has 0 heterocycles. The van der Waals surface area contributed by atoms with Gasteiger partial charge in [-0.05, 0) is 37.5 Å². The fourth-order valence-electron chi connectivity index (χ4n) is 1.74. The molecule has 0 saturated heterocycles. The van der Waals surface area contributed by atoms with Crippen LogP contribution in [0.2, 0.25) is 0 Å². The van der Waals surface area contributed by atoms with Crippen molar-refractivity contribution in [3.8, 4) is 0 Å². The van der Waals surface area contributed by atoms with Crippen LogP contribution in [0.4, 0.5) is 11.4 Å². The lowest BCUT2D eigenvalue weighted by Gasteiger charge is -2.14. The van der Waals surface area contributed by atoms with Gasteiger partial charge in [0.1, 0.15) is 6.73 Å². The zero-order chi connectivity index (χ0) is 15.4. The Labute approximate surface area is 116 Å². The number of isocyanates is 1. The van der Waals surface area contributed by atoms with Crippen molar-refractivity contribution in [3.05, 3.63) is 22.8 Å². The van der Waals surface area contributed by atoms with Crippen molar-refractivity contribution in [2.45, 2.75) is 48.5 Å². The molecule has 0 amide bonds. The molecule has 1 aromatic rings. The molecule has 19 heavy (non-hydrogen) atoms. The molecule has 0 atom stereocenters. The van der Waals surface area contributed by atoms with Gasteiger partial charge in [-0.1, -0.05) is 33.8 Å². The van der Waals surface area contributed by atoms with Gasteiger partial charge in [-0.25, -0.2) is 4.79 Å². The Balaban J connectivity index is 0. The molecule has 2 N–H and O–H groups in total. The van der Waals surface area contributed by atoms with Crippen LogP contribution >= 0.6 is 0 Å². The Hall–Kier alpha value is -1.64. The summed E-state index contributed by atoms with van der Waals surface area (Å²) in [6.07, 6.45) is 1.54. The van der Waals surface area contributed by atoms with Crippen molar-refractivity contribution < 1.29 is 9.90 Å². The first kappa shape index (κ1) is 19.7. The van der Waals surface area contributed by atoms with Crippen LogP contribution in [0, 0.1) is 20.8 Å². The molecule has 0 saturated carbocycles. The summed E-state index contributed by atoms with van der Waals surface area (Å²) in [5.41, 5.74) is 4.23. The van der Waals surface area contributed by atoms with Crippen LogP contribution in [0.15, 0.2) is 11.1 Å². The average Bonchev–Trinajstić information content (AvgIpc) is 2.44. The van der Waals surface area contributed by atoms with E-state index in [2.05, 4.69) is 10.3 Å². The standard InChI is InChI=1S/C11H14N2O2.2C2H6/c1-7-4-8(2)11(13-6-15)9(3)10(7)12-5-14;2*1-2/h4,12,14H,5H2,1-3H3;2*1-2H3. The summed E-state index contributed by atoms with van der Waals surface area (Å²) >= 11 is 0. The van der Waals surface area contributed by atoms with E-state index in [0.717, 1.165) is 22.4 Å². The summed E-state index contributed by atoms with van der Waals surface area (Å²) in [4.78, 5) is 13.9. The number of carbonyl (C=O) groups excluding carboxylic acids is 1. The topological polar surface area (TPSA) is 61.7 Å². The van der Waals surface area contributed by atoms with E-state index in [1.54, 1.807) is 0 Å². The van der Waals surface area contributed by atoms with Gasteiger partial charge in [0, 0.05) is 5.69 Å². The SMILES string of the molecule is CC.CC.Cc1cc(C)c(NCO)c(C)c1N=C=O. The van der Waals surface area contributed by atoms with Crippen LogP contribution in [0.25, 0.3) is 0 Å². The monoisotopic (exact) mass is 266 g/mol. The fourth-order valence-corrected chi connectivity index (χ4v) is 1.74. The van der Waals surface area contributed by atoms with Crippen molar-refractivity contribution >= 4 is 17.5 Å². The minimum absolute atomic E-state index is 0.144. The molecule has 0 unspecified atom stereocenters. The van der Waals surface area contributed by atoms with Crippen LogP contribution in [0.1, 0.15) is 44.4 Å².